The first-order valence-electron chi connectivity index (χ1n) is 9.17. The zero-order valence-corrected chi connectivity index (χ0v) is 17.2. The van der Waals surface area contributed by atoms with Crippen molar-refractivity contribution in [2.45, 2.75) is 13.5 Å². The van der Waals surface area contributed by atoms with Crippen molar-refractivity contribution in [2.24, 2.45) is 0 Å². The lowest BCUT2D eigenvalue weighted by molar-refractivity contribution is 0.297. The Labute approximate surface area is 178 Å². The minimum absolute atomic E-state index is 0.112. The first kappa shape index (κ1) is 19.5. The quantitative estimate of drug-likeness (QED) is 0.409. The molecule has 6 heteroatoms. The summed E-state index contributed by atoms with van der Waals surface area (Å²) in [4.78, 5) is 17.9. The fourth-order valence-corrected chi connectivity index (χ4v) is 3.58. The van der Waals surface area contributed by atoms with Crippen LogP contribution in [-0.4, -0.2) is 16.2 Å². The number of aryl methyl sites for hydroxylation is 1. The molecule has 4 aromatic rings. The van der Waals surface area contributed by atoms with Gasteiger partial charge in [-0.1, -0.05) is 41.4 Å². The van der Waals surface area contributed by atoms with Gasteiger partial charge in [0.05, 0.1) is 22.5 Å². The summed E-state index contributed by atoms with van der Waals surface area (Å²) in [5, 5.41) is 1.74. The standard InChI is InChI=1S/C23H18Cl2N2O2/c1-15-6-11-21(19(25)14-15)29-13-12-27-22(16-7-9-17(24)10-8-16)26-20-5-3-2-4-18(20)23(27)28/h2-11,14H,12-13H2,1H3. The minimum atomic E-state index is -0.112. The number of rotatable bonds is 5. The van der Waals surface area contributed by atoms with Crippen molar-refractivity contribution in [1.29, 1.82) is 0 Å². The highest BCUT2D eigenvalue weighted by Gasteiger charge is 2.13. The van der Waals surface area contributed by atoms with E-state index in [4.69, 9.17) is 32.9 Å². The average molecular weight is 425 g/mol. The Morgan fingerprint density at radius 2 is 1.76 bits per heavy atom. The molecule has 0 unspecified atom stereocenters. The Bertz CT molecular complexity index is 1230. The molecular weight excluding hydrogens is 407 g/mol. The molecule has 4 nitrogen and oxygen atoms in total. The summed E-state index contributed by atoms with van der Waals surface area (Å²) >= 11 is 12.3. The number of benzene rings is 3. The molecule has 0 saturated carbocycles. The number of halogens is 2. The Morgan fingerprint density at radius 1 is 1.00 bits per heavy atom. The molecule has 0 aliphatic rings. The molecule has 0 saturated heterocycles. The van der Waals surface area contributed by atoms with Crippen LogP contribution in [0.3, 0.4) is 0 Å². The molecule has 0 radical (unpaired) electrons. The van der Waals surface area contributed by atoms with Gasteiger partial charge in [-0.15, -0.1) is 0 Å². The monoisotopic (exact) mass is 424 g/mol. The van der Waals surface area contributed by atoms with Crippen LogP contribution >= 0.6 is 23.2 Å². The summed E-state index contributed by atoms with van der Waals surface area (Å²) in [6, 6.07) is 20.2. The molecule has 0 N–H and O–H groups in total. The van der Waals surface area contributed by atoms with Crippen LogP contribution in [-0.2, 0) is 6.54 Å². The number of hydrogen-bond acceptors (Lipinski definition) is 3. The fraction of sp³-hybridized carbons (Fsp3) is 0.130. The maximum Gasteiger partial charge on any atom is 0.261 e. The normalized spacial score (nSPS) is 11.0. The van der Waals surface area contributed by atoms with Crippen molar-refractivity contribution in [1.82, 2.24) is 9.55 Å². The highest BCUT2D eigenvalue weighted by atomic mass is 35.5. The van der Waals surface area contributed by atoms with Crippen LogP contribution in [0.15, 0.2) is 71.5 Å². The van der Waals surface area contributed by atoms with E-state index in [2.05, 4.69) is 0 Å². The van der Waals surface area contributed by atoms with Gasteiger partial charge in [0.25, 0.3) is 5.56 Å². The van der Waals surface area contributed by atoms with Crippen LogP contribution in [0, 0.1) is 6.92 Å². The first-order valence-corrected chi connectivity index (χ1v) is 9.93. The second kappa shape index (κ2) is 8.27. The molecule has 0 aliphatic heterocycles. The van der Waals surface area contributed by atoms with E-state index in [1.165, 1.54) is 0 Å². The topological polar surface area (TPSA) is 44.1 Å². The molecule has 29 heavy (non-hydrogen) atoms. The summed E-state index contributed by atoms with van der Waals surface area (Å²) in [7, 11) is 0. The van der Waals surface area contributed by atoms with Crippen LogP contribution in [0.2, 0.25) is 10.0 Å². The number of fused-ring (bicyclic) bond motifs is 1. The van der Waals surface area contributed by atoms with Crippen LogP contribution < -0.4 is 10.3 Å². The maximum absolute atomic E-state index is 13.2. The molecule has 0 bridgehead atoms. The third-order valence-corrected chi connectivity index (χ3v) is 5.17. The molecular formula is C23H18Cl2N2O2. The van der Waals surface area contributed by atoms with Gasteiger partial charge in [-0.05, 0) is 61.0 Å². The molecule has 146 valence electrons. The van der Waals surface area contributed by atoms with Gasteiger partial charge in [-0.3, -0.25) is 9.36 Å². The molecule has 1 heterocycles. The van der Waals surface area contributed by atoms with Crippen molar-refractivity contribution < 1.29 is 4.74 Å². The molecule has 0 atom stereocenters. The smallest absolute Gasteiger partial charge is 0.261 e. The van der Waals surface area contributed by atoms with E-state index in [1.54, 1.807) is 22.8 Å². The number of hydrogen-bond donors (Lipinski definition) is 0. The molecule has 0 spiro atoms. The van der Waals surface area contributed by atoms with E-state index in [1.807, 2.05) is 55.5 Å². The van der Waals surface area contributed by atoms with Crippen LogP contribution in [0.4, 0.5) is 0 Å². The number of para-hydroxylation sites is 1. The Kier molecular flexibility index (Phi) is 5.56. The van der Waals surface area contributed by atoms with Gasteiger partial charge in [0.15, 0.2) is 0 Å². The van der Waals surface area contributed by atoms with Crippen LogP contribution in [0.1, 0.15) is 5.56 Å². The van der Waals surface area contributed by atoms with E-state index < -0.39 is 0 Å². The first-order chi connectivity index (χ1) is 14.0. The van der Waals surface area contributed by atoms with E-state index in [0.29, 0.717) is 39.1 Å². The second-order valence-corrected chi connectivity index (χ2v) is 7.54. The predicted molar refractivity (Wildman–Crippen MR) is 118 cm³/mol. The summed E-state index contributed by atoms with van der Waals surface area (Å²) in [5.74, 6) is 1.16. The van der Waals surface area contributed by atoms with Gasteiger partial charge in [0, 0.05) is 10.6 Å². The van der Waals surface area contributed by atoms with Crippen LogP contribution in [0.5, 0.6) is 5.75 Å². The minimum Gasteiger partial charge on any atom is -0.490 e. The SMILES string of the molecule is Cc1ccc(OCCn2c(-c3ccc(Cl)cc3)nc3ccccc3c2=O)c(Cl)c1. The van der Waals surface area contributed by atoms with Gasteiger partial charge in [0.1, 0.15) is 18.2 Å². The largest absolute Gasteiger partial charge is 0.490 e. The zero-order valence-electron chi connectivity index (χ0n) is 15.7. The highest BCUT2D eigenvalue weighted by Crippen LogP contribution is 2.25. The summed E-state index contributed by atoms with van der Waals surface area (Å²) in [6.07, 6.45) is 0. The van der Waals surface area contributed by atoms with Gasteiger partial charge in [-0.2, -0.15) is 0 Å². The van der Waals surface area contributed by atoms with Gasteiger partial charge < -0.3 is 4.74 Å². The lowest BCUT2D eigenvalue weighted by atomic mass is 10.2. The molecule has 1 aromatic heterocycles. The molecule has 3 aromatic carbocycles. The summed E-state index contributed by atoms with van der Waals surface area (Å²) < 4.78 is 7.46. The number of aromatic nitrogens is 2. The highest BCUT2D eigenvalue weighted by molar-refractivity contribution is 6.32. The predicted octanol–water partition coefficient (Wildman–Crippen LogP) is 5.76. The van der Waals surface area contributed by atoms with E-state index in [9.17, 15) is 4.79 Å². The van der Waals surface area contributed by atoms with Gasteiger partial charge in [0.2, 0.25) is 0 Å². The van der Waals surface area contributed by atoms with E-state index in [0.717, 1.165) is 11.1 Å². The number of nitrogens with zero attached hydrogens (tertiary/aromatic N) is 2. The molecule has 0 aliphatic carbocycles. The number of ether oxygens (including phenoxy) is 1. The second-order valence-electron chi connectivity index (χ2n) is 6.70. The Balaban J connectivity index is 1.71. The van der Waals surface area contributed by atoms with Crippen molar-refractivity contribution in [2.75, 3.05) is 6.61 Å². The fourth-order valence-electron chi connectivity index (χ4n) is 3.16. The van der Waals surface area contributed by atoms with Gasteiger partial charge in [-0.25, -0.2) is 4.98 Å². The van der Waals surface area contributed by atoms with Crippen molar-refractivity contribution in [3.05, 3.63) is 92.7 Å². The van der Waals surface area contributed by atoms with Crippen molar-refractivity contribution in [3.8, 4) is 17.1 Å². The third-order valence-electron chi connectivity index (χ3n) is 4.62. The Hall–Kier alpha value is -2.82. The van der Waals surface area contributed by atoms with Crippen molar-refractivity contribution in [3.63, 3.8) is 0 Å². The Morgan fingerprint density at radius 3 is 2.52 bits per heavy atom. The van der Waals surface area contributed by atoms with Gasteiger partial charge >= 0.3 is 0 Å². The average Bonchev–Trinajstić information content (AvgIpc) is 2.71. The lowest BCUT2D eigenvalue weighted by Gasteiger charge is -2.15. The van der Waals surface area contributed by atoms with Crippen LogP contribution in [0.25, 0.3) is 22.3 Å². The lowest BCUT2D eigenvalue weighted by Crippen LogP contribution is -2.26. The molecule has 0 amide bonds. The molecule has 4 rings (SSSR count). The van der Waals surface area contributed by atoms with E-state index >= 15 is 0 Å². The molecule has 0 fully saturated rings. The van der Waals surface area contributed by atoms with Crippen molar-refractivity contribution >= 4 is 34.1 Å². The summed E-state index contributed by atoms with van der Waals surface area (Å²) in [5.41, 5.74) is 2.41. The third kappa shape index (κ3) is 4.14. The summed E-state index contributed by atoms with van der Waals surface area (Å²) in [6.45, 7) is 2.58. The zero-order chi connectivity index (χ0) is 20.4. The van der Waals surface area contributed by atoms with E-state index in [-0.39, 0.29) is 12.2 Å². The maximum atomic E-state index is 13.2.